The van der Waals surface area contributed by atoms with Gasteiger partial charge < -0.3 is 15.8 Å². The summed E-state index contributed by atoms with van der Waals surface area (Å²) in [6, 6.07) is 9.44. The normalized spacial score (nSPS) is 9.88. The number of rotatable bonds is 4. The molecule has 8 heteroatoms. The highest BCUT2D eigenvalue weighted by Crippen LogP contribution is 2.20. The van der Waals surface area contributed by atoms with E-state index in [9.17, 15) is 14.0 Å². The van der Waals surface area contributed by atoms with Crippen molar-refractivity contribution in [3.63, 3.8) is 0 Å². The predicted octanol–water partition coefficient (Wildman–Crippen LogP) is 2.73. The van der Waals surface area contributed by atoms with Gasteiger partial charge in [0.05, 0.1) is 16.8 Å². The van der Waals surface area contributed by atoms with Crippen molar-refractivity contribution in [1.82, 2.24) is 0 Å². The Morgan fingerprint density at radius 3 is 2.71 bits per heavy atom. The predicted molar refractivity (Wildman–Crippen MR) is 85.9 cm³/mol. The first-order chi connectivity index (χ1) is 11.4. The Balaban J connectivity index is 2.00. The second kappa shape index (κ2) is 7.44. The van der Waals surface area contributed by atoms with Gasteiger partial charge in [0.25, 0.3) is 5.91 Å². The van der Waals surface area contributed by atoms with Crippen molar-refractivity contribution in [2.75, 3.05) is 17.7 Å². The molecule has 2 rings (SSSR count). The molecule has 0 heterocycles. The van der Waals surface area contributed by atoms with Gasteiger partial charge in [0.2, 0.25) is 0 Å². The van der Waals surface area contributed by atoms with Crippen molar-refractivity contribution in [2.24, 2.45) is 0 Å². The van der Waals surface area contributed by atoms with Crippen LogP contribution in [0.25, 0.3) is 0 Å². The van der Waals surface area contributed by atoms with Crippen LogP contribution in [-0.4, -0.2) is 18.5 Å². The van der Waals surface area contributed by atoms with Crippen LogP contribution in [-0.2, 0) is 9.53 Å². The van der Waals surface area contributed by atoms with Gasteiger partial charge in [0.1, 0.15) is 11.9 Å². The number of carbonyl (C=O) groups excluding carboxylic acids is 2. The lowest BCUT2D eigenvalue weighted by molar-refractivity contribution is -0.119. The Morgan fingerprint density at radius 1 is 1.29 bits per heavy atom. The maximum atomic E-state index is 12.9. The summed E-state index contributed by atoms with van der Waals surface area (Å²) in [6.45, 7) is -0.604. The number of hydrogen-bond donors (Lipinski definition) is 2. The summed E-state index contributed by atoms with van der Waals surface area (Å²) in [5.41, 5.74) is 5.78. The van der Waals surface area contributed by atoms with Crippen LogP contribution in [0.1, 0.15) is 15.9 Å². The van der Waals surface area contributed by atoms with E-state index in [0.717, 1.165) is 18.2 Å². The topological polar surface area (TPSA) is 105 Å². The minimum absolute atomic E-state index is 0.0512. The second-order valence-corrected chi connectivity index (χ2v) is 5.09. The number of amides is 1. The first kappa shape index (κ1) is 17.2. The van der Waals surface area contributed by atoms with E-state index in [2.05, 4.69) is 5.32 Å². The van der Waals surface area contributed by atoms with Gasteiger partial charge in [-0.1, -0.05) is 11.6 Å². The number of anilines is 2. The van der Waals surface area contributed by atoms with E-state index in [0.29, 0.717) is 5.02 Å². The zero-order valence-corrected chi connectivity index (χ0v) is 12.9. The molecule has 24 heavy (non-hydrogen) atoms. The average Bonchev–Trinajstić information content (AvgIpc) is 2.53. The highest BCUT2D eigenvalue weighted by atomic mass is 35.5. The summed E-state index contributed by atoms with van der Waals surface area (Å²) in [5, 5.41) is 11.7. The zero-order valence-electron chi connectivity index (χ0n) is 12.2. The summed E-state index contributed by atoms with van der Waals surface area (Å²) >= 11 is 5.80. The lowest BCUT2D eigenvalue weighted by atomic mass is 10.2. The second-order valence-electron chi connectivity index (χ2n) is 4.66. The molecule has 2 aromatic carbocycles. The molecule has 0 aromatic heterocycles. The molecule has 0 saturated heterocycles. The largest absolute Gasteiger partial charge is 0.452 e. The van der Waals surface area contributed by atoms with E-state index in [-0.39, 0.29) is 22.5 Å². The standard InChI is InChI=1S/C16H11ClFN3O3/c17-10-2-1-9(7-19)14(5-10)21-15(22)8-24-16(23)12-4-3-11(18)6-13(12)20/h1-6H,8,20H2,(H,21,22). The number of nitrogen functional groups attached to an aromatic ring is 1. The van der Waals surface area contributed by atoms with Crippen LogP contribution < -0.4 is 11.1 Å². The molecule has 0 bridgehead atoms. The van der Waals surface area contributed by atoms with E-state index in [1.165, 1.54) is 18.2 Å². The number of ether oxygens (including phenoxy) is 1. The Kier molecular flexibility index (Phi) is 5.35. The molecule has 0 aliphatic heterocycles. The number of nitrogens with one attached hydrogen (secondary N) is 1. The van der Waals surface area contributed by atoms with Crippen molar-refractivity contribution in [1.29, 1.82) is 5.26 Å². The summed E-state index contributed by atoms with van der Waals surface area (Å²) in [4.78, 5) is 23.7. The van der Waals surface area contributed by atoms with Crippen LogP contribution in [0, 0.1) is 17.1 Å². The van der Waals surface area contributed by atoms with E-state index >= 15 is 0 Å². The molecule has 0 unspecified atom stereocenters. The number of hydrogen-bond acceptors (Lipinski definition) is 5. The number of halogens is 2. The summed E-state index contributed by atoms with van der Waals surface area (Å²) in [7, 11) is 0. The molecular formula is C16H11ClFN3O3. The molecule has 0 fully saturated rings. The quantitative estimate of drug-likeness (QED) is 0.653. The number of benzene rings is 2. The third kappa shape index (κ3) is 4.21. The molecule has 2 aromatic rings. The first-order valence-corrected chi connectivity index (χ1v) is 7.00. The summed E-state index contributed by atoms with van der Waals surface area (Å²) in [6.07, 6.45) is 0. The number of esters is 1. The Morgan fingerprint density at radius 2 is 2.04 bits per heavy atom. The smallest absolute Gasteiger partial charge is 0.340 e. The molecular weight excluding hydrogens is 337 g/mol. The number of nitrogens with two attached hydrogens (primary N) is 1. The fourth-order valence-electron chi connectivity index (χ4n) is 1.83. The van der Waals surface area contributed by atoms with E-state index in [1.807, 2.05) is 6.07 Å². The molecule has 6 nitrogen and oxygen atoms in total. The van der Waals surface area contributed by atoms with Gasteiger partial charge in [-0.3, -0.25) is 4.79 Å². The number of carbonyl (C=O) groups is 2. The maximum Gasteiger partial charge on any atom is 0.340 e. The van der Waals surface area contributed by atoms with Crippen LogP contribution in [0.3, 0.4) is 0 Å². The van der Waals surface area contributed by atoms with Crippen molar-refractivity contribution < 1.29 is 18.7 Å². The minimum atomic E-state index is -0.866. The SMILES string of the molecule is N#Cc1ccc(Cl)cc1NC(=O)COC(=O)c1ccc(F)cc1N. The molecule has 0 spiro atoms. The van der Waals surface area contributed by atoms with Crippen LogP contribution in [0.5, 0.6) is 0 Å². The molecule has 0 atom stereocenters. The lowest BCUT2D eigenvalue weighted by Crippen LogP contribution is -2.21. The fourth-order valence-corrected chi connectivity index (χ4v) is 2.00. The average molecular weight is 348 g/mol. The third-order valence-corrected chi connectivity index (χ3v) is 3.18. The van der Waals surface area contributed by atoms with Gasteiger partial charge in [-0.25, -0.2) is 9.18 Å². The van der Waals surface area contributed by atoms with E-state index < -0.39 is 24.3 Å². The molecule has 1 amide bonds. The molecule has 3 N–H and O–H groups in total. The Labute approximate surface area is 141 Å². The monoisotopic (exact) mass is 347 g/mol. The summed E-state index contributed by atoms with van der Waals surface area (Å²) in [5.74, 6) is -2.12. The van der Waals surface area contributed by atoms with Crippen LogP contribution in [0.2, 0.25) is 5.02 Å². The van der Waals surface area contributed by atoms with Crippen molar-refractivity contribution >= 4 is 34.9 Å². The van der Waals surface area contributed by atoms with Crippen molar-refractivity contribution in [3.05, 3.63) is 58.4 Å². The Bertz CT molecular complexity index is 849. The number of nitriles is 1. The zero-order chi connectivity index (χ0) is 17.7. The van der Waals surface area contributed by atoms with Crippen LogP contribution in [0.15, 0.2) is 36.4 Å². The summed E-state index contributed by atoms with van der Waals surface area (Å²) < 4.78 is 17.8. The fraction of sp³-hybridized carbons (Fsp3) is 0.0625. The highest BCUT2D eigenvalue weighted by Gasteiger charge is 2.15. The molecule has 122 valence electrons. The Hall–Kier alpha value is -3.11. The molecule has 0 radical (unpaired) electrons. The highest BCUT2D eigenvalue weighted by molar-refractivity contribution is 6.31. The van der Waals surface area contributed by atoms with E-state index in [1.54, 1.807) is 0 Å². The van der Waals surface area contributed by atoms with Crippen LogP contribution in [0.4, 0.5) is 15.8 Å². The van der Waals surface area contributed by atoms with Crippen LogP contribution >= 0.6 is 11.6 Å². The molecule has 0 aliphatic rings. The molecule has 0 saturated carbocycles. The van der Waals surface area contributed by atoms with Gasteiger partial charge in [0.15, 0.2) is 6.61 Å². The van der Waals surface area contributed by atoms with Gasteiger partial charge in [-0.2, -0.15) is 5.26 Å². The lowest BCUT2D eigenvalue weighted by Gasteiger charge is -2.09. The number of nitrogens with zero attached hydrogens (tertiary/aromatic N) is 1. The van der Waals surface area contributed by atoms with Gasteiger partial charge in [-0.15, -0.1) is 0 Å². The van der Waals surface area contributed by atoms with Crippen molar-refractivity contribution in [2.45, 2.75) is 0 Å². The maximum absolute atomic E-state index is 12.9. The van der Waals surface area contributed by atoms with E-state index in [4.69, 9.17) is 27.3 Å². The minimum Gasteiger partial charge on any atom is -0.452 e. The first-order valence-electron chi connectivity index (χ1n) is 6.62. The van der Waals surface area contributed by atoms with Gasteiger partial charge in [-0.05, 0) is 36.4 Å². The molecule has 0 aliphatic carbocycles. The van der Waals surface area contributed by atoms with Gasteiger partial charge >= 0.3 is 5.97 Å². The van der Waals surface area contributed by atoms with Crippen molar-refractivity contribution in [3.8, 4) is 6.07 Å². The van der Waals surface area contributed by atoms with Gasteiger partial charge in [0, 0.05) is 10.7 Å². The third-order valence-electron chi connectivity index (χ3n) is 2.94.